The van der Waals surface area contributed by atoms with Crippen molar-refractivity contribution in [3.8, 4) is 0 Å². The number of amides is 1. The first-order valence-corrected chi connectivity index (χ1v) is 10.4. The summed E-state index contributed by atoms with van der Waals surface area (Å²) in [5, 5.41) is 2.84. The van der Waals surface area contributed by atoms with Gasteiger partial charge in [0.2, 0.25) is 5.91 Å². The number of rotatable bonds is 13. The highest BCUT2D eigenvalue weighted by Crippen LogP contribution is 2.08. The monoisotopic (exact) mass is 366 g/mol. The molecule has 8 heteroatoms. The lowest BCUT2D eigenvalue weighted by atomic mass is 10.2. The lowest BCUT2D eigenvalue weighted by molar-refractivity contribution is -0.948. The van der Waals surface area contributed by atoms with Gasteiger partial charge in [-0.15, -0.1) is 0 Å². The largest absolute Gasteiger partial charge is 0.744 e. The number of unbranched alkanes of at least 4 members (excludes halogenated alkanes) is 2. The standard InChI is InChI=1S/C16H35N3O4S/c1-6-8-9-10-16(20)17-11-12-19(5,15-24(21,22)23)14-13-18(3,4)7-2/h6-15H2,1-5H3/p+1. The molecule has 0 fully saturated rings. The Balaban J connectivity index is 4.58. The van der Waals surface area contributed by atoms with Crippen molar-refractivity contribution in [2.75, 3.05) is 59.7 Å². The Morgan fingerprint density at radius 3 is 2.17 bits per heavy atom. The van der Waals surface area contributed by atoms with E-state index in [9.17, 15) is 17.8 Å². The maximum Gasteiger partial charge on any atom is 0.220 e. The van der Waals surface area contributed by atoms with Crippen LogP contribution < -0.4 is 5.32 Å². The van der Waals surface area contributed by atoms with Crippen LogP contribution in [0.3, 0.4) is 0 Å². The van der Waals surface area contributed by atoms with Crippen LogP contribution in [0.25, 0.3) is 0 Å². The molecular weight excluding hydrogens is 330 g/mol. The fourth-order valence-corrected chi connectivity index (χ4v) is 3.40. The molecule has 0 heterocycles. The summed E-state index contributed by atoms with van der Waals surface area (Å²) in [4.78, 5) is 11.8. The van der Waals surface area contributed by atoms with Gasteiger partial charge in [0, 0.05) is 6.42 Å². The van der Waals surface area contributed by atoms with Crippen LogP contribution in [0, 0.1) is 0 Å². The third kappa shape index (κ3) is 11.8. The first-order valence-electron chi connectivity index (χ1n) is 8.79. The van der Waals surface area contributed by atoms with Crippen LogP contribution in [0.2, 0.25) is 0 Å². The van der Waals surface area contributed by atoms with Crippen molar-refractivity contribution in [1.82, 2.24) is 5.32 Å². The van der Waals surface area contributed by atoms with E-state index in [1.165, 1.54) is 0 Å². The molecule has 0 bridgehead atoms. The number of quaternary nitrogens is 2. The summed E-state index contributed by atoms with van der Waals surface area (Å²) < 4.78 is 34.6. The molecule has 0 saturated carbocycles. The highest BCUT2D eigenvalue weighted by Gasteiger charge is 2.28. The Morgan fingerprint density at radius 2 is 1.67 bits per heavy atom. The Bertz CT molecular complexity index is 480. The smallest absolute Gasteiger partial charge is 0.220 e. The van der Waals surface area contributed by atoms with Crippen molar-refractivity contribution in [2.24, 2.45) is 0 Å². The molecule has 7 nitrogen and oxygen atoms in total. The summed E-state index contributed by atoms with van der Waals surface area (Å²) in [5.41, 5.74) is 0. The average Bonchev–Trinajstić information content (AvgIpc) is 2.44. The van der Waals surface area contributed by atoms with E-state index in [4.69, 9.17) is 0 Å². The van der Waals surface area contributed by atoms with Crippen LogP contribution in [0.4, 0.5) is 0 Å². The predicted octanol–water partition coefficient (Wildman–Crippen LogP) is 0.729. The van der Waals surface area contributed by atoms with Gasteiger partial charge in [0.15, 0.2) is 5.88 Å². The molecular formula is C16H36N3O4S+. The number of hydrogen-bond acceptors (Lipinski definition) is 4. The molecule has 0 aromatic heterocycles. The molecule has 0 radical (unpaired) electrons. The minimum atomic E-state index is -4.32. The first kappa shape index (κ1) is 23.3. The van der Waals surface area contributed by atoms with Gasteiger partial charge in [0.05, 0.1) is 40.8 Å². The first-order chi connectivity index (χ1) is 10.9. The van der Waals surface area contributed by atoms with Gasteiger partial charge in [-0.2, -0.15) is 0 Å². The van der Waals surface area contributed by atoms with E-state index in [0.29, 0.717) is 26.1 Å². The summed E-state index contributed by atoms with van der Waals surface area (Å²) in [6.45, 7) is 7.26. The topological polar surface area (TPSA) is 86.3 Å². The second kappa shape index (κ2) is 10.3. The van der Waals surface area contributed by atoms with Gasteiger partial charge in [0.25, 0.3) is 0 Å². The van der Waals surface area contributed by atoms with Crippen molar-refractivity contribution in [1.29, 1.82) is 0 Å². The molecule has 0 aliphatic carbocycles. The van der Waals surface area contributed by atoms with Crippen LogP contribution in [0.5, 0.6) is 0 Å². The molecule has 0 aromatic rings. The Morgan fingerprint density at radius 1 is 1.04 bits per heavy atom. The lowest BCUT2D eigenvalue weighted by Crippen LogP contribution is -2.56. The third-order valence-electron chi connectivity index (χ3n) is 4.55. The molecule has 0 aromatic carbocycles. The van der Waals surface area contributed by atoms with E-state index in [2.05, 4.69) is 33.3 Å². The third-order valence-corrected chi connectivity index (χ3v) is 5.49. The SMILES string of the molecule is CCCCCC(=O)NCC[N+](C)(CC[N+](C)(C)CC)CS(=O)(=O)[O-]. The summed E-state index contributed by atoms with van der Waals surface area (Å²) in [6.07, 6.45) is 3.46. The van der Waals surface area contributed by atoms with Gasteiger partial charge in [0.1, 0.15) is 23.2 Å². The van der Waals surface area contributed by atoms with Crippen molar-refractivity contribution in [3.63, 3.8) is 0 Å². The van der Waals surface area contributed by atoms with E-state index in [1.807, 2.05) is 0 Å². The molecule has 144 valence electrons. The molecule has 1 unspecified atom stereocenters. The van der Waals surface area contributed by atoms with Gasteiger partial charge in [-0.1, -0.05) is 19.8 Å². The predicted molar refractivity (Wildman–Crippen MR) is 95.2 cm³/mol. The molecule has 1 N–H and O–H groups in total. The summed E-state index contributed by atoms with van der Waals surface area (Å²) >= 11 is 0. The highest BCUT2D eigenvalue weighted by atomic mass is 32.2. The summed E-state index contributed by atoms with van der Waals surface area (Å²) in [6, 6.07) is 0. The van der Waals surface area contributed by atoms with Gasteiger partial charge in [-0.05, 0) is 13.3 Å². The van der Waals surface area contributed by atoms with Crippen LogP contribution >= 0.6 is 0 Å². The Labute approximate surface area is 147 Å². The Kier molecular flexibility index (Phi) is 10.0. The van der Waals surface area contributed by atoms with Gasteiger partial charge < -0.3 is 18.8 Å². The van der Waals surface area contributed by atoms with E-state index < -0.39 is 16.0 Å². The van der Waals surface area contributed by atoms with Gasteiger partial charge in [-0.25, -0.2) is 8.42 Å². The molecule has 0 aliphatic rings. The van der Waals surface area contributed by atoms with E-state index in [1.54, 1.807) is 7.05 Å². The van der Waals surface area contributed by atoms with Crippen molar-refractivity contribution in [3.05, 3.63) is 0 Å². The minimum absolute atomic E-state index is 0.00958. The molecule has 1 amide bonds. The normalized spacial score (nSPS) is 15.1. The molecule has 0 saturated heterocycles. The van der Waals surface area contributed by atoms with E-state index in [-0.39, 0.29) is 10.4 Å². The van der Waals surface area contributed by atoms with Crippen LogP contribution in [-0.4, -0.2) is 87.6 Å². The van der Waals surface area contributed by atoms with Crippen LogP contribution in [0.1, 0.15) is 39.5 Å². The molecule has 0 aliphatic heterocycles. The molecule has 0 spiro atoms. The summed E-state index contributed by atoms with van der Waals surface area (Å²) in [5.74, 6) is -0.452. The number of carbonyl (C=O) groups is 1. The summed E-state index contributed by atoms with van der Waals surface area (Å²) in [7, 11) is 1.60. The van der Waals surface area contributed by atoms with Gasteiger partial charge in [-0.3, -0.25) is 4.79 Å². The second-order valence-electron chi connectivity index (χ2n) is 7.54. The van der Waals surface area contributed by atoms with E-state index in [0.717, 1.165) is 36.8 Å². The number of hydrogen-bond donors (Lipinski definition) is 1. The Hall–Kier alpha value is -0.700. The van der Waals surface area contributed by atoms with Gasteiger partial charge >= 0.3 is 0 Å². The maximum atomic E-state index is 11.8. The zero-order chi connectivity index (χ0) is 18.9. The number of likely N-dealkylation sites (N-methyl/N-ethyl adjacent to an activating group) is 2. The van der Waals surface area contributed by atoms with E-state index >= 15 is 0 Å². The quantitative estimate of drug-likeness (QED) is 0.296. The minimum Gasteiger partial charge on any atom is -0.744 e. The number of nitrogens with zero attached hydrogens (tertiary/aromatic N) is 2. The second-order valence-corrected chi connectivity index (χ2v) is 8.91. The molecule has 1 atom stereocenters. The average molecular weight is 367 g/mol. The maximum absolute atomic E-state index is 11.8. The van der Waals surface area contributed by atoms with Crippen LogP contribution in [-0.2, 0) is 14.9 Å². The van der Waals surface area contributed by atoms with Crippen molar-refractivity contribution >= 4 is 16.0 Å². The fraction of sp³-hybridized carbons (Fsp3) is 0.938. The van der Waals surface area contributed by atoms with Crippen molar-refractivity contribution in [2.45, 2.75) is 39.5 Å². The lowest BCUT2D eigenvalue weighted by Gasteiger charge is -2.38. The zero-order valence-electron chi connectivity index (χ0n) is 16.0. The number of carbonyl (C=O) groups excluding carboxylic acids is 1. The van der Waals surface area contributed by atoms with Crippen molar-refractivity contribution < 1.29 is 26.7 Å². The fourth-order valence-electron chi connectivity index (χ4n) is 2.38. The molecule has 24 heavy (non-hydrogen) atoms. The highest BCUT2D eigenvalue weighted by molar-refractivity contribution is 7.85. The zero-order valence-corrected chi connectivity index (χ0v) is 16.8. The molecule has 0 rings (SSSR count). The van der Waals surface area contributed by atoms with Crippen LogP contribution in [0.15, 0.2) is 0 Å². The number of nitrogens with one attached hydrogen (secondary N) is 1.